The Morgan fingerprint density at radius 2 is 1.57 bits per heavy atom. The van der Waals surface area contributed by atoms with Gasteiger partial charge in [-0.05, 0) is 39.9 Å². The van der Waals surface area contributed by atoms with E-state index in [1.807, 2.05) is 74.5 Å². The van der Waals surface area contributed by atoms with Gasteiger partial charge in [-0.2, -0.15) is 4.40 Å². The monoisotopic (exact) mass is 395 g/mol. The third kappa shape index (κ3) is 5.08. The highest BCUT2D eigenvalue weighted by molar-refractivity contribution is 7.83. The van der Waals surface area contributed by atoms with Crippen LogP contribution in [0.25, 0.3) is 10.8 Å². The molecular formula is C24H29NO2S. The highest BCUT2D eigenvalue weighted by Gasteiger charge is 2.14. The van der Waals surface area contributed by atoms with Crippen LogP contribution in [0.4, 0.5) is 0 Å². The third-order valence-corrected chi connectivity index (χ3v) is 5.32. The van der Waals surface area contributed by atoms with Crippen molar-refractivity contribution in [1.82, 2.24) is 0 Å². The molecule has 0 bridgehead atoms. The number of fused-ring (bicyclic) bond motifs is 1. The summed E-state index contributed by atoms with van der Waals surface area (Å²) in [5.74, 6) is 0.715. The van der Waals surface area contributed by atoms with Gasteiger partial charge >= 0.3 is 0 Å². The van der Waals surface area contributed by atoms with Crippen molar-refractivity contribution in [2.24, 2.45) is 4.40 Å². The highest BCUT2D eigenvalue weighted by Crippen LogP contribution is 2.27. The number of hydrogen-bond donors (Lipinski definition) is 0. The van der Waals surface area contributed by atoms with Gasteiger partial charge in [0, 0.05) is 11.8 Å². The predicted molar refractivity (Wildman–Crippen MR) is 121 cm³/mol. The van der Waals surface area contributed by atoms with Gasteiger partial charge in [0.1, 0.15) is 5.75 Å². The SMILES string of the molecule is CC.COc1ccc2ccccc2c1/C=N/S(=O)c1ccc(C(C)(C)C)cc1. The first-order valence-corrected chi connectivity index (χ1v) is 10.6. The zero-order valence-electron chi connectivity index (χ0n) is 17.5. The minimum atomic E-state index is -1.46. The van der Waals surface area contributed by atoms with Gasteiger partial charge < -0.3 is 4.74 Å². The summed E-state index contributed by atoms with van der Waals surface area (Å²) in [6.45, 7) is 10.5. The molecule has 0 saturated carbocycles. The van der Waals surface area contributed by atoms with Crippen LogP contribution in [-0.4, -0.2) is 17.5 Å². The summed E-state index contributed by atoms with van der Waals surface area (Å²) in [4.78, 5) is 0.688. The summed E-state index contributed by atoms with van der Waals surface area (Å²) in [5, 5.41) is 2.12. The van der Waals surface area contributed by atoms with Crippen LogP contribution in [0.5, 0.6) is 5.75 Å². The molecule has 0 radical (unpaired) electrons. The van der Waals surface area contributed by atoms with E-state index in [0.717, 1.165) is 16.3 Å². The van der Waals surface area contributed by atoms with Gasteiger partial charge in [-0.1, -0.05) is 77.1 Å². The first kappa shape index (κ1) is 21.8. The van der Waals surface area contributed by atoms with Crippen LogP contribution in [-0.2, 0) is 16.4 Å². The normalized spacial score (nSPS) is 12.5. The van der Waals surface area contributed by atoms with Gasteiger partial charge in [-0.25, -0.2) is 4.21 Å². The van der Waals surface area contributed by atoms with E-state index >= 15 is 0 Å². The van der Waals surface area contributed by atoms with Gasteiger partial charge in [0.15, 0.2) is 11.0 Å². The molecule has 0 aromatic heterocycles. The largest absolute Gasteiger partial charge is 0.496 e. The van der Waals surface area contributed by atoms with E-state index < -0.39 is 11.0 Å². The molecule has 3 rings (SSSR count). The van der Waals surface area contributed by atoms with Crippen molar-refractivity contribution in [3.05, 3.63) is 71.8 Å². The number of ether oxygens (including phenoxy) is 1. The molecule has 0 aliphatic carbocycles. The Kier molecular flexibility index (Phi) is 7.53. The summed E-state index contributed by atoms with van der Waals surface area (Å²) in [6.07, 6.45) is 1.65. The van der Waals surface area contributed by atoms with E-state index in [0.29, 0.717) is 10.6 Å². The Hall–Kier alpha value is -2.46. The molecule has 148 valence electrons. The minimum absolute atomic E-state index is 0.0691. The summed E-state index contributed by atoms with van der Waals surface area (Å²) in [7, 11) is 0.170. The Bertz CT molecular complexity index is 970. The van der Waals surface area contributed by atoms with Crippen LogP contribution in [0, 0.1) is 0 Å². The van der Waals surface area contributed by atoms with Crippen LogP contribution < -0.4 is 4.74 Å². The van der Waals surface area contributed by atoms with Crippen LogP contribution >= 0.6 is 0 Å². The molecule has 28 heavy (non-hydrogen) atoms. The average Bonchev–Trinajstić information content (AvgIpc) is 2.72. The fourth-order valence-electron chi connectivity index (χ4n) is 2.82. The van der Waals surface area contributed by atoms with E-state index in [4.69, 9.17) is 4.74 Å². The molecule has 0 aliphatic heterocycles. The molecular weight excluding hydrogens is 366 g/mol. The maximum atomic E-state index is 12.6. The maximum Gasteiger partial charge on any atom is 0.172 e. The van der Waals surface area contributed by atoms with E-state index in [1.54, 1.807) is 13.3 Å². The lowest BCUT2D eigenvalue weighted by atomic mass is 9.87. The Morgan fingerprint density at radius 1 is 0.929 bits per heavy atom. The summed E-state index contributed by atoms with van der Waals surface area (Å²) in [6, 6.07) is 19.7. The van der Waals surface area contributed by atoms with Crippen molar-refractivity contribution >= 4 is 28.0 Å². The quantitative estimate of drug-likeness (QED) is 0.485. The summed E-state index contributed by atoms with van der Waals surface area (Å²) in [5.41, 5.74) is 2.11. The molecule has 3 aromatic rings. The zero-order valence-corrected chi connectivity index (χ0v) is 18.3. The van der Waals surface area contributed by atoms with Gasteiger partial charge in [0.2, 0.25) is 0 Å². The zero-order chi connectivity index (χ0) is 20.7. The van der Waals surface area contributed by atoms with E-state index in [1.165, 1.54) is 5.56 Å². The van der Waals surface area contributed by atoms with Crippen LogP contribution in [0.1, 0.15) is 45.7 Å². The molecule has 0 saturated heterocycles. The molecule has 0 amide bonds. The Morgan fingerprint density at radius 3 is 2.18 bits per heavy atom. The van der Waals surface area contributed by atoms with Crippen LogP contribution in [0.3, 0.4) is 0 Å². The van der Waals surface area contributed by atoms with Gasteiger partial charge in [-0.15, -0.1) is 0 Å². The van der Waals surface area contributed by atoms with Crippen LogP contribution in [0.15, 0.2) is 70.0 Å². The first-order chi connectivity index (χ1) is 13.4. The number of methoxy groups -OCH3 is 1. The van der Waals surface area contributed by atoms with Crippen molar-refractivity contribution in [2.45, 2.75) is 44.9 Å². The van der Waals surface area contributed by atoms with Crippen molar-refractivity contribution in [2.75, 3.05) is 7.11 Å². The highest BCUT2D eigenvalue weighted by atomic mass is 32.2. The minimum Gasteiger partial charge on any atom is -0.496 e. The van der Waals surface area contributed by atoms with Crippen molar-refractivity contribution in [3.8, 4) is 5.75 Å². The Labute approximate surface area is 171 Å². The standard InChI is InChI=1S/C22H23NO2S.C2H6/c1-22(2,3)17-10-12-18(13-11-17)26(24)23-15-20-19-8-6-5-7-16(19)9-14-21(20)25-4;1-2/h5-15H,1-4H3;1-2H3/b23-15+;. The van der Waals surface area contributed by atoms with Crippen molar-refractivity contribution < 1.29 is 8.95 Å². The second-order valence-corrected chi connectivity index (χ2v) is 8.34. The molecule has 1 unspecified atom stereocenters. The summed E-state index contributed by atoms with van der Waals surface area (Å²) < 4.78 is 22.3. The Balaban J connectivity index is 0.00000136. The lowest BCUT2D eigenvalue weighted by molar-refractivity contribution is 0.415. The van der Waals surface area contributed by atoms with E-state index in [2.05, 4.69) is 25.2 Å². The molecule has 0 N–H and O–H groups in total. The lowest BCUT2D eigenvalue weighted by Gasteiger charge is -2.18. The number of nitrogens with zero attached hydrogens (tertiary/aromatic N) is 1. The van der Waals surface area contributed by atoms with Gasteiger partial charge in [-0.3, -0.25) is 0 Å². The van der Waals surface area contributed by atoms with Crippen molar-refractivity contribution in [3.63, 3.8) is 0 Å². The lowest BCUT2D eigenvalue weighted by Crippen LogP contribution is -2.10. The smallest absolute Gasteiger partial charge is 0.172 e. The third-order valence-electron chi connectivity index (χ3n) is 4.35. The fourth-order valence-corrected chi connectivity index (χ4v) is 3.51. The molecule has 3 nitrogen and oxygen atoms in total. The maximum absolute atomic E-state index is 12.6. The first-order valence-electron chi connectivity index (χ1n) is 9.52. The molecule has 3 aromatic carbocycles. The topological polar surface area (TPSA) is 38.7 Å². The molecule has 0 fully saturated rings. The van der Waals surface area contributed by atoms with Gasteiger partial charge in [0.25, 0.3) is 0 Å². The van der Waals surface area contributed by atoms with Crippen molar-refractivity contribution in [1.29, 1.82) is 0 Å². The second-order valence-electron chi connectivity index (χ2n) is 7.16. The number of hydrogen-bond acceptors (Lipinski definition) is 2. The molecule has 0 aliphatic rings. The molecule has 4 heteroatoms. The van der Waals surface area contributed by atoms with E-state index in [9.17, 15) is 4.21 Å². The number of benzene rings is 3. The van der Waals surface area contributed by atoms with Crippen LogP contribution in [0.2, 0.25) is 0 Å². The molecule has 0 spiro atoms. The number of rotatable bonds is 4. The summed E-state index contributed by atoms with van der Waals surface area (Å²) >= 11 is 0. The fraction of sp³-hybridized carbons (Fsp3) is 0.292. The molecule has 0 heterocycles. The average molecular weight is 396 g/mol. The predicted octanol–water partition coefficient (Wildman–Crippen LogP) is 6.31. The second kappa shape index (κ2) is 9.65. The molecule has 1 atom stereocenters. The van der Waals surface area contributed by atoms with E-state index in [-0.39, 0.29) is 5.41 Å². The van der Waals surface area contributed by atoms with Gasteiger partial charge in [0.05, 0.1) is 12.0 Å².